The molecule has 0 atom stereocenters. The molecule has 258 valence electrons. The molecule has 0 N–H and O–H groups in total. The molecule has 0 aliphatic carbocycles. The summed E-state index contributed by atoms with van der Waals surface area (Å²) in [6.45, 7) is 0. The van der Waals surface area contributed by atoms with Crippen LogP contribution in [-0.2, 0) is 0 Å². The SMILES string of the molecule is c1ccc(-c2ccc3c(sc4ccccc43)c2N(c2ccc(-c3ccc4oc5ccccc5c4c3)cc2)c2ccc(-c3ccccc3)c3ccccc23)cc1. The summed E-state index contributed by atoms with van der Waals surface area (Å²) in [6.07, 6.45) is 0. The molecular weight excluding hydrogens is 687 g/mol. The average Bonchev–Trinajstić information content (AvgIpc) is 3.83. The zero-order valence-electron chi connectivity index (χ0n) is 29.8. The second-order valence-corrected chi connectivity index (χ2v) is 15.1. The normalized spacial score (nSPS) is 11.6. The van der Waals surface area contributed by atoms with E-state index in [-0.39, 0.29) is 0 Å². The van der Waals surface area contributed by atoms with Gasteiger partial charge in [-0.1, -0.05) is 158 Å². The highest BCUT2D eigenvalue weighted by Crippen LogP contribution is 2.51. The van der Waals surface area contributed by atoms with Crippen molar-refractivity contribution in [3.05, 3.63) is 200 Å². The van der Waals surface area contributed by atoms with Gasteiger partial charge in [0.1, 0.15) is 11.2 Å². The third-order valence-electron chi connectivity index (χ3n) is 10.9. The van der Waals surface area contributed by atoms with E-state index >= 15 is 0 Å². The lowest BCUT2D eigenvalue weighted by atomic mass is 9.95. The molecule has 0 unspecified atom stereocenters. The van der Waals surface area contributed by atoms with Crippen LogP contribution in [0.5, 0.6) is 0 Å². The van der Waals surface area contributed by atoms with Crippen molar-refractivity contribution >= 4 is 81.3 Å². The van der Waals surface area contributed by atoms with Crippen molar-refractivity contribution in [1.82, 2.24) is 0 Å². The van der Waals surface area contributed by atoms with Gasteiger partial charge in [0.15, 0.2) is 0 Å². The summed E-state index contributed by atoms with van der Waals surface area (Å²) in [5, 5.41) is 7.24. The Morgan fingerprint density at radius 1 is 0.364 bits per heavy atom. The molecule has 0 saturated carbocycles. The first-order valence-corrected chi connectivity index (χ1v) is 19.5. The lowest BCUT2D eigenvalue weighted by Crippen LogP contribution is -2.12. The number of anilines is 3. The smallest absolute Gasteiger partial charge is 0.135 e. The predicted octanol–water partition coefficient (Wildman–Crippen LogP) is 15.6. The van der Waals surface area contributed by atoms with Crippen LogP contribution in [-0.4, -0.2) is 0 Å². The number of benzene rings is 9. The Kier molecular flexibility index (Phi) is 7.39. The van der Waals surface area contributed by atoms with Crippen molar-refractivity contribution in [1.29, 1.82) is 0 Å². The van der Waals surface area contributed by atoms with Gasteiger partial charge in [0.25, 0.3) is 0 Å². The monoisotopic (exact) mass is 719 g/mol. The molecule has 55 heavy (non-hydrogen) atoms. The highest BCUT2D eigenvalue weighted by atomic mass is 32.1. The van der Waals surface area contributed by atoms with Gasteiger partial charge >= 0.3 is 0 Å². The fourth-order valence-electron chi connectivity index (χ4n) is 8.29. The molecule has 2 aromatic heterocycles. The summed E-state index contributed by atoms with van der Waals surface area (Å²) in [4.78, 5) is 2.51. The lowest BCUT2D eigenvalue weighted by molar-refractivity contribution is 0.669. The summed E-state index contributed by atoms with van der Waals surface area (Å²) >= 11 is 1.87. The van der Waals surface area contributed by atoms with E-state index in [4.69, 9.17) is 4.42 Å². The van der Waals surface area contributed by atoms with Crippen molar-refractivity contribution in [3.63, 3.8) is 0 Å². The van der Waals surface area contributed by atoms with Crippen LogP contribution >= 0.6 is 11.3 Å². The first-order valence-electron chi connectivity index (χ1n) is 18.7. The maximum absolute atomic E-state index is 6.16. The Morgan fingerprint density at radius 3 is 1.75 bits per heavy atom. The highest BCUT2D eigenvalue weighted by molar-refractivity contribution is 7.26. The van der Waals surface area contributed by atoms with Gasteiger partial charge in [0, 0.05) is 42.9 Å². The number of furan rings is 1. The molecule has 0 radical (unpaired) electrons. The van der Waals surface area contributed by atoms with Crippen LogP contribution in [0.25, 0.3) is 86.3 Å². The Labute approximate surface area is 322 Å². The summed E-state index contributed by atoms with van der Waals surface area (Å²) < 4.78 is 8.71. The predicted molar refractivity (Wildman–Crippen MR) is 235 cm³/mol. The highest BCUT2D eigenvalue weighted by Gasteiger charge is 2.25. The summed E-state index contributed by atoms with van der Waals surface area (Å²) in [5.74, 6) is 0. The molecule has 11 rings (SSSR count). The summed E-state index contributed by atoms with van der Waals surface area (Å²) in [7, 11) is 0. The average molecular weight is 720 g/mol. The number of rotatable bonds is 6. The number of fused-ring (bicyclic) bond motifs is 7. The molecule has 0 bridgehead atoms. The van der Waals surface area contributed by atoms with E-state index in [1.807, 2.05) is 23.5 Å². The Bertz CT molecular complexity index is 3190. The molecule has 0 spiro atoms. The standard InChI is InChI=1S/C52H33NOS/c1-3-13-35(14-4-1)39-30-31-47(42-18-8-7-17-41(39)42)53(38-26-23-34(24-27-38)37-25-32-49-46(33-37)43-19-9-11-21-48(43)54-49)51-40(36-15-5-2-6-16-36)28-29-45-44-20-10-12-22-50(44)55-52(45)51/h1-33H. The zero-order chi connectivity index (χ0) is 36.3. The molecule has 0 aliphatic rings. The Morgan fingerprint density at radius 2 is 0.964 bits per heavy atom. The van der Waals surface area contributed by atoms with Crippen LogP contribution in [0.3, 0.4) is 0 Å². The van der Waals surface area contributed by atoms with Crippen molar-refractivity contribution in [2.24, 2.45) is 0 Å². The van der Waals surface area contributed by atoms with Gasteiger partial charge < -0.3 is 9.32 Å². The van der Waals surface area contributed by atoms with Crippen LogP contribution in [0.2, 0.25) is 0 Å². The van der Waals surface area contributed by atoms with Gasteiger partial charge in [0.2, 0.25) is 0 Å². The first-order chi connectivity index (χ1) is 27.3. The summed E-state index contributed by atoms with van der Waals surface area (Å²) in [5.41, 5.74) is 12.4. The van der Waals surface area contributed by atoms with E-state index in [0.29, 0.717) is 0 Å². The van der Waals surface area contributed by atoms with E-state index < -0.39 is 0 Å². The van der Waals surface area contributed by atoms with Gasteiger partial charge in [-0.15, -0.1) is 11.3 Å². The van der Waals surface area contributed by atoms with Gasteiger partial charge in [-0.25, -0.2) is 0 Å². The molecule has 0 saturated heterocycles. The molecule has 0 fully saturated rings. The van der Waals surface area contributed by atoms with Gasteiger partial charge in [-0.3, -0.25) is 0 Å². The van der Waals surface area contributed by atoms with Crippen LogP contribution in [0, 0.1) is 0 Å². The van der Waals surface area contributed by atoms with Crippen molar-refractivity contribution in [2.45, 2.75) is 0 Å². The topological polar surface area (TPSA) is 16.4 Å². The van der Waals surface area contributed by atoms with Crippen molar-refractivity contribution < 1.29 is 4.42 Å². The van der Waals surface area contributed by atoms with Crippen LogP contribution in [0.1, 0.15) is 0 Å². The van der Waals surface area contributed by atoms with Gasteiger partial charge in [-0.05, 0) is 75.7 Å². The number of hydrogen-bond acceptors (Lipinski definition) is 3. The van der Waals surface area contributed by atoms with E-state index in [1.54, 1.807) is 0 Å². The third kappa shape index (κ3) is 5.24. The van der Waals surface area contributed by atoms with E-state index in [0.717, 1.165) is 44.4 Å². The van der Waals surface area contributed by atoms with E-state index in [9.17, 15) is 0 Å². The second kappa shape index (κ2) is 12.9. The largest absolute Gasteiger partial charge is 0.456 e. The number of thiophene rings is 1. The maximum Gasteiger partial charge on any atom is 0.135 e. The zero-order valence-corrected chi connectivity index (χ0v) is 30.6. The summed E-state index contributed by atoms with van der Waals surface area (Å²) in [6, 6.07) is 72.3. The third-order valence-corrected chi connectivity index (χ3v) is 12.1. The number of hydrogen-bond donors (Lipinski definition) is 0. The van der Waals surface area contributed by atoms with Gasteiger partial charge in [-0.2, -0.15) is 0 Å². The molecule has 2 nitrogen and oxygen atoms in total. The van der Waals surface area contributed by atoms with E-state index in [2.05, 4.69) is 193 Å². The van der Waals surface area contributed by atoms with E-state index in [1.165, 1.54) is 58.9 Å². The molecule has 9 aromatic carbocycles. The minimum Gasteiger partial charge on any atom is -0.456 e. The second-order valence-electron chi connectivity index (χ2n) is 14.0. The van der Waals surface area contributed by atoms with Crippen molar-refractivity contribution in [2.75, 3.05) is 4.90 Å². The first kappa shape index (κ1) is 31.6. The minimum atomic E-state index is 0.906. The molecule has 0 aliphatic heterocycles. The lowest BCUT2D eigenvalue weighted by Gasteiger charge is -2.30. The Hall–Kier alpha value is -6.94. The molecule has 2 heterocycles. The number of nitrogens with zero attached hydrogens (tertiary/aromatic N) is 1. The molecular formula is C52H33NOS. The quantitative estimate of drug-likeness (QED) is 0.170. The maximum atomic E-state index is 6.16. The minimum absolute atomic E-state index is 0.906. The van der Waals surface area contributed by atoms with Gasteiger partial charge in [0.05, 0.1) is 16.1 Å². The van der Waals surface area contributed by atoms with Crippen LogP contribution in [0.15, 0.2) is 205 Å². The Balaban J connectivity index is 1.17. The molecule has 0 amide bonds. The number of para-hydroxylation sites is 1. The molecule has 11 aromatic rings. The van der Waals surface area contributed by atoms with Crippen molar-refractivity contribution in [3.8, 4) is 33.4 Å². The fraction of sp³-hybridized carbons (Fsp3) is 0. The molecule has 3 heteroatoms. The van der Waals surface area contributed by atoms with Crippen LogP contribution in [0.4, 0.5) is 17.1 Å². The fourth-order valence-corrected chi connectivity index (χ4v) is 9.53. The van der Waals surface area contributed by atoms with Crippen LogP contribution < -0.4 is 4.90 Å².